The normalized spacial score (nSPS) is 9.94. The topological polar surface area (TPSA) is 62.2 Å². The monoisotopic (exact) mass is 228 g/mol. The van der Waals surface area contributed by atoms with E-state index in [4.69, 9.17) is 5.11 Å². The number of nitrogens with zero attached hydrogens (tertiary/aromatic N) is 1. The fourth-order valence-corrected chi connectivity index (χ4v) is 1.76. The Hall–Kier alpha value is -2.36. The summed E-state index contributed by atoms with van der Waals surface area (Å²) >= 11 is 0. The lowest BCUT2D eigenvalue weighted by Crippen LogP contribution is -2.04. The third kappa shape index (κ3) is 2.10. The minimum Gasteiger partial charge on any atom is -0.478 e. The smallest absolute Gasteiger partial charge is 0.337 e. The highest BCUT2D eigenvalue weighted by Crippen LogP contribution is 2.30. The highest BCUT2D eigenvalue weighted by Gasteiger charge is 2.13. The predicted octanol–water partition coefficient (Wildman–Crippen LogP) is 2.49. The van der Waals surface area contributed by atoms with Crippen molar-refractivity contribution < 1.29 is 9.90 Å². The highest BCUT2D eigenvalue weighted by atomic mass is 16.4. The molecule has 1 heterocycles. The standard InChI is InChI=1S/C13H12N2O2/c1-14-12-10(9-4-3-7-15-8-9)5-2-6-11(12)13(16)17/h2-8,14H,1H3,(H,16,17). The van der Waals surface area contributed by atoms with E-state index < -0.39 is 5.97 Å². The Balaban J connectivity index is 2.63. The number of hydrogen-bond donors (Lipinski definition) is 2. The Morgan fingerprint density at radius 2 is 2.12 bits per heavy atom. The molecule has 0 radical (unpaired) electrons. The highest BCUT2D eigenvalue weighted by molar-refractivity contribution is 5.99. The van der Waals surface area contributed by atoms with Gasteiger partial charge < -0.3 is 10.4 Å². The predicted molar refractivity (Wildman–Crippen MR) is 66.2 cm³/mol. The van der Waals surface area contributed by atoms with E-state index in [0.29, 0.717) is 5.69 Å². The van der Waals surface area contributed by atoms with Crippen LogP contribution in [0.15, 0.2) is 42.7 Å². The van der Waals surface area contributed by atoms with Gasteiger partial charge >= 0.3 is 5.97 Å². The molecular formula is C13H12N2O2. The average molecular weight is 228 g/mol. The molecule has 0 spiro atoms. The van der Waals surface area contributed by atoms with Crippen molar-refractivity contribution in [2.75, 3.05) is 12.4 Å². The molecule has 0 atom stereocenters. The molecule has 17 heavy (non-hydrogen) atoms. The van der Waals surface area contributed by atoms with Crippen LogP contribution in [0.2, 0.25) is 0 Å². The summed E-state index contributed by atoms with van der Waals surface area (Å²) in [6.07, 6.45) is 3.39. The Kier molecular flexibility index (Phi) is 3.05. The van der Waals surface area contributed by atoms with Crippen LogP contribution >= 0.6 is 0 Å². The first-order chi connectivity index (χ1) is 8.24. The number of carboxylic acids is 1. The van der Waals surface area contributed by atoms with E-state index in [1.54, 1.807) is 31.6 Å². The molecule has 1 aromatic carbocycles. The van der Waals surface area contributed by atoms with Gasteiger partial charge in [0.05, 0.1) is 11.3 Å². The molecule has 0 saturated heterocycles. The Bertz CT molecular complexity index is 538. The summed E-state index contributed by atoms with van der Waals surface area (Å²) < 4.78 is 0. The van der Waals surface area contributed by atoms with Crippen LogP contribution in [-0.4, -0.2) is 23.1 Å². The Labute approximate surface area is 98.9 Å². The number of rotatable bonds is 3. The molecule has 0 aliphatic carbocycles. The van der Waals surface area contributed by atoms with Crippen LogP contribution in [0.25, 0.3) is 11.1 Å². The molecule has 4 nitrogen and oxygen atoms in total. The molecular weight excluding hydrogens is 216 g/mol. The molecule has 4 heteroatoms. The number of carbonyl (C=O) groups is 1. The molecule has 2 rings (SSSR count). The first-order valence-electron chi connectivity index (χ1n) is 5.18. The second-order valence-electron chi connectivity index (χ2n) is 3.52. The summed E-state index contributed by atoms with van der Waals surface area (Å²) in [4.78, 5) is 15.1. The van der Waals surface area contributed by atoms with Gasteiger partial charge in [-0.2, -0.15) is 0 Å². The van der Waals surface area contributed by atoms with Crippen molar-refractivity contribution in [2.24, 2.45) is 0 Å². The molecule has 1 aromatic heterocycles. The van der Waals surface area contributed by atoms with Crippen molar-refractivity contribution in [3.8, 4) is 11.1 Å². The number of benzene rings is 1. The molecule has 0 aliphatic rings. The van der Waals surface area contributed by atoms with Gasteiger partial charge in [0.25, 0.3) is 0 Å². The minimum atomic E-state index is -0.944. The van der Waals surface area contributed by atoms with Crippen molar-refractivity contribution in [2.45, 2.75) is 0 Å². The van der Waals surface area contributed by atoms with Crippen LogP contribution < -0.4 is 5.32 Å². The van der Waals surface area contributed by atoms with Gasteiger partial charge in [0.2, 0.25) is 0 Å². The van der Waals surface area contributed by atoms with Crippen molar-refractivity contribution in [1.82, 2.24) is 4.98 Å². The molecule has 86 valence electrons. The first kappa shape index (κ1) is 11.1. The summed E-state index contributed by atoms with van der Waals surface area (Å²) in [5.74, 6) is -0.944. The van der Waals surface area contributed by atoms with E-state index in [1.165, 1.54) is 0 Å². The third-order valence-corrected chi connectivity index (χ3v) is 2.52. The van der Waals surface area contributed by atoms with Gasteiger partial charge in [-0.15, -0.1) is 0 Å². The molecule has 2 N–H and O–H groups in total. The maximum Gasteiger partial charge on any atom is 0.337 e. The summed E-state index contributed by atoms with van der Waals surface area (Å²) in [6.45, 7) is 0. The average Bonchev–Trinajstić information content (AvgIpc) is 2.38. The Morgan fingerprint density at radius 3 is 2.71 bits per heavy atom. The molecule has 0 aliphatic heterocycles. The number of aromatic nitrogens is 1. The largest absolute Gasteiger partial charge is 0.478 e. The van der Waals surface area contributed by atoms with E-state index in [9.17, 15) is 4.79 Å². The number of pyridine rings is 1. The molecule has 0 fully saturated rings. The zero-order valence-corrected chi connectivity index (χ0v) is 9.34. The van der Waals surface area contributed by atoms with E-state index >= 15 is 0 Å². The van der Waals surface area contributed by atoms with Crippen LogP contribution in [0.3, 0.4) is 0 Å². The van der Waals surface area contributed by atoms with Gasteiger partial charge in [-0.1, -0.05) is 18.2 Å². The second kappa shape index (κ2) is 4.65. The van der Waals surface area contributed by atoms with E-state index in [1.807, 2.05) is 18.2 Å². The number of anilines is 1. The third-order valence-electron chi connectivity index (χ3n) is 2.52. The molecule has 0 unspecified atom stereocenters. The molecule has 0 bridgehead atoms. The quantitative estimate of drug-likeness (QED) is 0.847. The molecule has 0 saturated carbocycles. The lowest BCUT2D eigenvalue weighted by molar-refractivity contribution is 0.0698. The lowest BCUT2D eigenvalue weighted by Gasteiger charge is -2.11. The summed E-state index contributed by atoms with van der Waals surface area (Å²) in [6, 6.07) is 8.90. The van der Waals surface area contributed by atoms with Crippen molar-refractivity contribution >= 4 is 11.7 Å². The van der Waals surface area contributed by atoms with Crippen LogP contribution in [-0.2, 0) is 0 Å². The van der Waals surface area contributed by atoms with E-state index in [-0.39, 0.29) is 5.56 Å². The van der Waals surface area contributed by atoms with Gasteiger partial charge in [-0.05, 0) is 12.1 Å². The van der Waals surface area contributed by atoms with Crippen LogP contribution in [0.1, 0.15) is 10.4 Å². The van der Waals surface area contributed by atoms with Gasteiger partial charge in [-0.25, -0.2) is 4.79 Å². The lowest BCUT2D eigenvalue weighted by atomic mass is 10.0. The van der Waals surface area contributed by atoms with E-state index in [0.717, 1.165) is 11.1 Å². The van der Waals surface area contributed by atoms with Gasteiger partial charge in [0.1, 0.15) is 0 Å². The minimum absolute atomic E-state index is 0.258. The maximum absolute atomic E-state index is 11.1. The van der Waals surface area contributed by atoms with Crippen LogP contribution in [0, 0.1) is 0 Å². The van der Waals surface area contributed by atoms with E-state index in [2.05, 4.69) is 10.3 Å². The summed E-state index contributed by atoms with van der Waals surface area (Å²) in [7, 11) is 1.71. The maximum atomic E-state index is 11.1. The number of aromatic carboxylic acids is 1. The number of hydrogen-bond acceptors (Lipinski definition) is 3. The summed E-state index contributed by atoms with van der Waals surface area (Å²) in [5.41, 5.74) is 2.59. The number of para-hydroxylation sites is 1. The van der Waals surface area contributed by atoms with Crippen LogP contribution in [0.4, 0.5) is 5.69 Å². The second-order valence-corrected chi connectivity index (χ2v) is 3.52. The first-order valence-corrected chi connectivity index (χ1v) is 5.18. The fourth-order valence-electron chi connectivity index (χ4n) is 1.76. The zero-order valence-electron chi connectivity index (χ0n) is 9.34. The Morgan fingerprint density at radius 1 is 1.29 bits per heavy atom. The molecule has 2 aromatic rings. The zero-order chi connectivity index (χ0) is 12.3. The summed E-state index contributed by atoms with van der Waals surface area (Å²) in [5, 5.41) is 12.0. The van der Waals surface area contributed by atoms with Gasteiger partial charge in [-0.3, -0.25) is 4.98 Å². The number of carboxylic acid groups (broad SMARTS) is 1. The van der Waals surface area contributed by atoms with Gasteiger partial charge in [0.15, 0.2) is 0 Å². The number of nitrogens with one attached hydrogen (secondary N) is 1. The van der Waals surface area contributed by atoms with Crippen molar-refractivity contribution in [3.63, 3.8) is 0 Å². The van der Waals surface area contributed by atoms with Crippen LogP contribution in [0.5, 0.6) is 0 Å². The SMILES string of the molecule is CNc1c(C(=O)O)cccc1-c1cccnc1. The molecule has 0 amide bonds. The van der Waals surface area contributed by atoms with Gasteiger partial charge in [0, 0.05) is 30.6 Å². The fraction of sp³-hybridized carbons (Fsp3) is 0.0769. The van der Waals surface area contributed by atoms with Crippen molar-refractivity contribution in [1.29, 1.82) is 0 Å². The van der Waals surface area contributed by atoms with Crippen molar-refractivity contribution in [3.05, 3.63) is 48.3 Å².